The molecule has 1 saturated heterocycles. The molecule has 4 nitrogen and oxygen atoms in total. The summed E-state index contributed by atoms with van der Waals surface area (Å²) in [6.07, 6.45) is 2.52. The fourth-order valence-corrected chi connectivity index (χ4v) is 3.62. The minimum absolute atomic E-state index is 0.440. The van der Waals surface area contributed by atoms with Gasteiger partial charge in [-0.3, -0.25) is 9.89 Å². The van der Waals surface area contributed by atoms with E-state index in [0.29, 0.717) is 12.0 Å². The number of nitrogens with zero attached hydrogens (tertiary/aromatic N) is 2. The van der Waals surface area contributed by atoms with Crippen LogP contribution < -0.4 is 10.6 Å². The molecule has 0 aliphatic carbocycles. The summed E-state index contributed by atoms with van der Waals surface area (Å²) in [5.74, 6) is 2.29. The molecule has 0 bridgehead atoms. The summed E-state index contributed by atoms with van der Waals surface area (Å²) >= 11 is 1.86. The van der Waals surface area contributed by atoms with Gasteiger partial charge in [-0.05, 0) is 63.1 Å². The minimum Gasteiger partial charge on any atom is -0.357 e. The number of piperidine rings is 1. The van der Waals surface area contributed by atoms with E-state index in [-0.39, 0.29) is 0 Å². The Balaban J connectivity index is 1.76. The number of hydrogen-bond acceptors (Lipinski definition) is 3. The lowest BCUT2D eigenvalue weighted by molar-refractivity contribution is 0.182. The molecule has 1 fully saturated rings. The van der Waals surface area contributed by atoms with Crippen molar-refractivity contribution in [3.8, 4) is 0 Å². The summed E-state index contributed by atoms with van der Waals surface area (Å²) < 4.78 is 0. The van der Waals surface area contributed by atoms with E-state index in [1.807, 2.05) is 11.3 Å². The first kappa shape index (κ1) is 19.3. The quantitative estimate of drug-likeness (QED) is 0.583. The van der Waals surface area contributed by atoms with Gasteiger partial charge in [0.15, 0.2) is 5.96 Å². The topological polar surface area (TPSA) is 39.7 Å². The zero-order valence-electron chi connectivity index (χ0n) is 15.7. The molecule has 1 aromatic heterocycles. The maximum Gasteiger partial charge on any atom is 0.191 e. The molecule has 24 heavy (non-hydrogen) atoms. The summed E-state index contributed by atoms with van der Waals surface area (Å²) in [6, 6.07) is 4.83. The van der Waals surface area contributed by atoms with Gasteiger partial charge in [-0.25, -0.2) is 0 Å². The Kier molecular flexibility index (Phi) is 8.06. The molecule has 0 spiro atoms. The third-order valence-corrected chi connectivity index (χ3v) is 5.74. The fourth-order valence-electron chi connectivity index (χ4n) is 2.87. The SMILES string of the molecule is CCNC(=NCC1CCN(Cc2cccs2)CC1)NC(C)C(C)C. The van der Waals surface area contributed by atoms with Crippen LogP contribution in [0, 0.1) is 11.8 Å². The van der Waals surface area contributed by atoms with Gasteiger partial charge in [-0.1, -0.05) is 19.9 Å². The smallest absolute Gasteiger partial charge is 0.191 e. The van der Waals surface area contributed by atoms with Gasteiger partial charge in [-0.2, -0.15) is 0 Å². The molecule has 1 aliphatic rings. The molecule has 1 aliphatic heterocycles. The lowest BCUT2D eigenvalue weighted by Crippen LogP contribution is -2.44. The van der Waals surface area contributed by atoms with Crippen LogP contribution in [-0.4, -0.2) is 43.1 Å². The molecule has 2 heterocycles. The standard InChI is InChI=1S/C19H34N4S/c1-5-20-19(22-16(4)15(2)3)21-13-17-8-10-23(11-9-17)14-18-7-6-12-24-18/h6-7,12,15-17H,5,8-11,13-14H2,1-4H3,(H2,20,21,22). The summed E-state index contributed by atoms with van der Waals surface area (Å²) in [5, 5.41) is 9.07. The van der Waals surface area contributed by atoms with E-state index in [2.05, 4.69) is 60.7 Å². The van der Waals surface area contributed by atoms with Crippen LogP contribution in [0.1, 0.15) is 45.4 Å². The molecule has 2 rings (SSSR count). The Morgan fingerprint density at radius 1 is 1.33 bits per heavy atom. The molecule has 0 amide bonds. The van der Waals surface area contributed by atoms with Crippen molar-refractivity contribution >= 4 is 17.3 Å². The van der Waals surface area contributed by atoms with Gasteiger partial charge < -0.3 is 10.6 Å². The second-order valence-electron chi connectivity index (χ2n) is 7.20. The third kappa shape index (κ3) is 6.44. The van der Waals surface area contributed by atoms with Gasteiger partial charge >= 0.3 is 0 Å². The number of nitrogens with one attached hydrogen (secondary N) is 2. The lowest BCUT2D eigenvalue weighted by Gasteiger charge is -2.31. The highest BCUT2D eigenvalue weighted by atomic mass is 32.1. The largest absolute Gasteiger partial charge is 0.357 e. The molecule has 136 valence electrons. The summed E-state index contributed by atoms with van der Waals surface area (Å²) in [4.78, 5) is 8.90. The Bertz CT molecular complexity index is 476. The highest BCUT2D eigenvalue weighted by Gasteiger charge is 2.19. The number of guanidine groups is 1. The van der Waals surface area contributed by atoms with Gasteiger partial charge in [0.05, 0.1) is 0 Å². The number of aliphatic imine (C=N–C) groups is 1. The van der Waals surface area contributed by atoms with Crippen LogP contribution in [0.5, 0.6) is 0 Å². The van der Waals surface area contributed by atoms with Gasteiger partial charge in [0, 0.05) is 30.6 Å². The van der Waals surface area contributed by atoms with Crippen molar-refractivity contribution in [2.75, 3.05) is 26.2 Å². The van der Waals surface area contributed by atoms with Crippen molar-refractivity contribution in [1.82, 2.24) is 15.5 Å². The summed E-state index contributed by atoms with van der Waals surface area (Å²) in [6.45, 7) is 14.2. The van der Waals surface area contributed by atoms with Crippen LogP contribution in [0.25, 0.3) is 0 Å². The zero-order chi connectivity index (χ0) is 17.4. The van der Waals surface area contributed by atoms with Crippen molar-refractivity contribution in [3.63, 3.8) is 0 Å². The number of hydrogen-bond donors (Lipinski definition) is 2. The third-order valence-electron chi connectivity index (χ3n) is 4.88. The van der Waals surface area contributed by atoms with E-state index in [0.717, 1.165) is 31.5 Å². The van der Waals surface area contributed by atoms with Crippen molar-refractivity contribution in [2.24, 2.45) is 16.8 Å². The van der Waals surface area contributed by atoms with Crippen LogP contribution in [0.4, 0.5) is 0 Å². The van der Waals surface area contributed by atoms with E-state index in [9.17, 15) is 0 Å². The number of likely N-dealkylation sites (tertiary alicyclic amines) is 1. The van der Waals surface area contributed by atoms with Crippen LogP contribution in [-0.2, 0) is 6.54 Å². The fraction of sp³-hybridized carbons (Fsp3) is 0.737. The monoisotopic (exact) mass is 350 g/mol. The van der Waals surface area contributed by atoms with Crippen LogP contribution in [0.2, 0.25) is 0 Å². The van der Waals surface area contributed by atoms with Crippen molar-refractivity contribution in [1.29, 1.82) is 0 Å². The Morgan fingerprint density at radius 3 is 2.67 bits per heavy atom. The van der Waals surface area contributed by atoms with Gasteiger partial charge in [0.25, 0.3) is 0 Å². The van der Waals surface area contributed by atoms with Crippen LogP contribution in [0.15, 0.2) is 22.5 Å². The van der Waals surface area contributed by atoms with E-state index in [1.165, 1.54) is 30.8 Å². The normalized spacial score (nSPS) is 18.8. The predicted octanol–water partition coefficient (Wildman–Crippen LogP) is 3.56. The maximum atomic E-state index is 4.84. The van der Waals surface area contributed by atoms with Gasteiger partial charge in [0.1, 0.15) is 0 Å². The second kappa shape index (κ2) is 10.0. The Hall–Kier alpha value is -1.07. The summed E-state index contributed by atoms with van der Waals surface area (Å²) in [7, 11) is 0. The van der Waals surface area contributed by atoms with Crippen molar-refractivity contribution < 1.29 is 0 Å². The molecular formula is C19H34N4S. The highest BCUT2D eigenvalue weighted by Crippen LogP contribution is 2.20. The molecule has 0 radical (unpaired) electrons. The Labute approximate surface area is 151 Å². The van der Waals surface area contributed by atoms with E-state index < -0.39 is 0 Å². The van der Waals surface area contributed by atoms with Crippen LogP contribution >= 0.6 is 11.3 Å². The molecular weight excluding hydrogens is 316 g/mol. The number of rotatable bonds is 7. The first-order valence-corrected chi connectivity index (χ1v) is 10.3. The summed E-state index contributed by atoms with van der Waals surface area (Å²) in [5.41, 5.74) is 0. The number of thiophene rings is 1. The first-order valence-electron chi connectivity index (χ1n) is 9.38. The predicted molar refractivity (Wildman–Crippen MR) is 106 cm³/mol. The van der Waals surface area contributed by atoms with Crippen molar-refractivity contribution in [2.45, 2.75) is 53.1 Å². The molecule has 0 saturated carbocycles. The second-order valence-corrected chi connectivity index (χ2v) is 8.23. The molecule has 0 aromatic carbocycles. The molecule has 1 aromatic rings. The zero-order valence-corrected chi connectivity index (χ0v) is 16.5. The lowest BCUT2D eigenvalue weighted by atomic mass is 9.97. The average molecular weight is 351 g/mol. The maximum absolute atomic E-state index is 4.84. The van der Waals surface area contributed by atoms with Crippen molar-refractivity contribution in [3.05, 3.63) is 22.4 Å². The molecule has 5 heteroatoms. The molecule has 2 N–H and O–H groups in total. The average Bonchev–Trinajstić information content (AvgIpc) is 3.07. The Morgan fingerprint density at radius 2 is 2.08 bits per heavy atom. The van der Waals surface area contributed by atoms with E-state index in [4.69, 9.17) is 4.99 Å². The first-order chi connectivity index (χ1) is 11.6. The van der Waals surface area contributed by atoms with E-state index >= 15 is 0 Å². The molecule has 1 atom stereocenters. The minimum atomic E-state index is 0.440. The van der Waals surface area contributed by atoms with Gasteiger partial charge in [-0.15, -0.1) is 11.3 Å². The van der Waals surface area contributed by atoms with Gasteiger partial charge in [0.2, 0.25) is 0 Å². The van der Waals surface area contributed by atoms with Crippen LogP contribution in [0.3, 0.4) is 0 Å². The molecule has 1 unspecified atom stereocenters. The highest BCUT2D eigenvalue weighted by molar-refractivity contribution is 7.09. The van der Waals surface area contributed by atoms with E-state index in [1.54, 1.807) is 0 Å².